The molecule has 2 heterocycles. The lowest BCUT2D eigenvalue weighted by Gasteiger charge is -2.13. The van der Waals surface area contributed by atoms with Crippen LogP contribution >= 0.6 is 11.3 Å². The molecular formula is C16H14N2O2S. The molecule has 1 aliphatic rings. The van der Waals surface area contributed by atoms with Crippen LogP contribution in [-0.2, 0) is 0 Å². The standard InChI is InChI=1S/C16H14N2O2S/c19-18(20)14-6-3-13(4-7-14)5-8-15-9-10-16(21-15)17-11-1-2-12-17/h3-4,6-7,9-10H,1-2,11-12H2. The van der Waals surface area contributed by atoms with Gasteiger partial charge in [-0.2, -0.15) is 0 Å². The first-order valence-corrected chi connectivity index (χ1v) is 7.65. The lowest BCUT2D eigenvalue weighted by molar-refractivity contribution is -0.384. The molecule has 2 aromatic rings. The van der Waals surface area contributed by atoms with Crippen LogP contribution in [0.2, 0.25) is 0 Å². The number of non-ortho nitro benzene ring substituents is 1. The normalized spacial score (nSPS) is 13.8. The summed E-state index contributed by atoms with van der Waals surface area (Å²) >= 11 is 1.70. The molecule has 0 N–H and O–H groups in total. The SMILES string of the molecule is O=[N+]([O-])c1ccc(C#Cc2ccc(N3CCCC3)s2)cc1. The molecule has 1 fully saturated rings. The Bertz CT molecular complexity index is 704. The number of rotatable bonds is 2. The van der Waals surface area contributed by atoms with Crippen LogP contribution in [0.25, 0.3) is 0 Å². The van der Waals surface area contributed by atoms with Gasteiger partial charge in [-0.25, -0.2) is 0 Å². The number of anilines is 1. The maximum Gasteiger partial charge on any atom is 0.269 e. The zero-order valence-electron chi connectivity index (χ0n) is 11.4. The van der Waals surface area contributed by atoms with E-state index in [9.17, 15) is 10.1 Å². The second kappa shape index (κ2) is 5.98. The highest BCUT2D eigenvalue weighted by atomic mass is 32.1. The van der Waals surface area contributed by atoms with Crippen LogP contribution < -0.4 is 4.90 Å². The molecule has 0 aliphatic carbocycles. The molecule has 0 unspecified atom stereocenters. The highest BCUT2D eigenvalue weighted by Gasteiger charge is 2.13. The Balaban J connectivity index is 1.73. The molecule has 0 spiro atoms. The van der Waals surface area contributed by atoms with Crippen LogP contribution in [0.4, 0.5) is 10.7 Å². The molecule has 1 saturated heterocycles. The van der Waals surface area contributed by atoms with Gasteiger partial charge >= 0.3 is 0 Å². The minimum Gasteiger partial charge on any atom is -0.363 e. The fourth-order valence-electron chi connectivity index (χ4n) is 2.30. The van der Waals surface area contributed by atoms with Crippen LogP contribution in [0.5, 0.6) is 0 Å². The maximum absolute atomic E-state index is 10.6. The van der Waals surface area contributed by atoms with E-state index in [-0.39, 0.29) is 5.69 Å². The van der Waals surface area contributed by atoms with Gasteiger partial charge in [-0.15, -0.1) is 11.3 Å². The second-order valence-corrected chi connectivity index (χ2v) is 5.95. The zero-order chi connectivity index (χ0) is 14.7. The van der Waals surface area contributed by atoms with Crippen molar-refractivity contribution in [2.45, 2.75) is 12.8 Å². The summed E-state index contributed by atoms with van der Waals surface area (Å²) in [5.74, 6) is 6.18. The molecule has 21 heavy (non-hydrogen) atoms. The van der Waals surface area contributed by atoms with Crippen molar-refractivity contribution in [2.75, 3.05) is 18.0 Å². The molecule has 0 bridgehead atoms. The smallest absolute Gasteiger partial charge is 0.269 e. The third-order valence-electron chi connectivity index (χ3n) is 3.42. The van der Waals surface area contributed by atoms with Gasteiger partial charge in [-0.1, -0.05) is 11.8 Å². The van der Waals surface area contributed by atoms with Crippen LogP contribution in [0, 0.1) is 22.0 Å². The fourth-order valence-corrected chi connectivity index (χ4v) is 3.21. The first kappa shape index (κ1) is 13.7. The molecule has 106 valence electrons. The number of nitro groups is 1. The molecule has 0 amide bonds. The van der Waals surface area contributed by atoms with Crippen molar-refractivity contribution in [1.29, 1.82) is 0 Å². The topological polar surface area (TPSA) is 46.4 Å². The number of benzene rings is 1. The lowest BCUT2D eigenvalue weighted by atomic mass is 10.2. The van der Waals surface area contributed by atoms with Crippen molar-refractivity contribution in [2.24, 2.45) is 0 Å². The molecule has 1 aromatic carbocycles. The first-order chi connectivity index (χ1) is 10.2. The third-order valence-corrected chi connectivity index (χ3v) is 4.48. The molecule has 3 rings (SSSR count). The summed E-state index contributed by atoms with van der Waals surface area (Å²) < 4.78 is 0. The Kier molecular flexibility index (Phi) is 3.89. The summed E-state index contributed by atoms with van der Waals surface area (Å²) in [5, 5.41) is 11.9. The summed E-state index contributed by atoms with van der Waals surface area (Å²) in [4.78, 5) is 13.6. The van der Waals surface area contributed by atoms with E-state index in [1.165, 1.54) is 30.0 Å². The zero-order valence-corrected chi connectivity index (χ0v) is 12.2. The predicted octanol–water partition coefficient (Wildman–Crippen LogP) is 3.66. The van der Waals surface area contributed by atoms with Gasteiger partial charge in [0.15, 0.2) is 0 Å². The van der Waals surface area contributed by atoms with Crippen LogP contribution in [-0.4, -0.2) is 18.0 Å². The Morgan fingerprint density at radius 2 is 1.76 bits per heavy atom. The van der Waals surface area contributed by atoms with Gasteiger partial charge in [0.25, 0.3) is 5.69 Å². The number of thiophene rings is 1. The van der Waals surface area contributed by atoms with Crippen molar-refractivity contribution < 1.29 is 4.92 Å². The molecular weight excluding hydrogens is 284 g/mol. The highest BCUT2D eigenvalue weighted by molar-refractivity contribution is 7.16. The van der Waals surface area contributed by atoms with Gasteiger partial charge in [0.2, 0.25) is 0 Å². The van der Waals surface area contributed by atoms with E-state index in [2.05, 4.69) is 22.8 Å². The summed E-state index contributed by atoms with van der Waals surface area (Å²) in [6.07, 6.45) is 2.53. The monoisotopic (exact) mass is 298 g/mol. The molecule has 0 saturated carbocycles. The number of hydrogen-bond acceptors (Lipinski definition) is 4. The number of nitrogens with zero attached hydrogens (tertiary/aromatic N) is 2. The first-order valence-electron chi connectivity index (χ1n) is 6.84. The Morgan fingerprint density at radius 1 is 1.05 bits per heavy atom. The van der Waals surface area contributed by atoms with E-state index in [1.54, 1.807) is 23.5 Å². The molecule has 0 atom stereocenters. The van der Waals surface area contributed by atoms with Crippen molar-refractivity contribution in [3.63, 3.8) is 0 Å². The van der Waals surface area contributed by atoms with E-state index < -0.39 is 4.92 Å². The summed E-state index contributed by atoms with van der Waals surface area (Å²) in [7, 11) is 0. The average molecular weight is 298 g/mol. The third kappa shape index (κ3) is 3.23. The molecule has 1 aromatic heterocycles. The summed E-state index contributed by atoms with van der Waals surface area (Å²) in [6, 6.07) is 10.5. The average Bonchev–Trinajstić information content (AvgIpc) is 3.16. The molecule has 1 aliphatic heterocycles. The van der Waals surface area contributed by atoms with Gasteiger partial charge in [0.05, 0.1) is 14.8 Å². The fraction of sp³-hybridized carbons (Fsp3) is 0.250. The van der Waals surface area contributed by atoms with Gasteiger partial charge < -0.3 is 4.90 Å². The number of nitro benzene ring substituents is 1. The molecule has 0 radical (unpaired) electrons. The van der Waals surface area contributed by atoms with Gasteiger partial charge in [-0.3, -0.25) is 10.1 Å². The van der Waals surface area contributed by atoms with Crippen molar-refractivity contribution in [3.05, 3.63) is 57.0 Å². The summed E-state index contributed by atoms with van der Waals surface area (Å²) in [6.45, 7) is 2.27. The minimum absolute atomic E-state index is 0.0907. The lowest BCUT2D eigenvalue weighted by Crippen LogP contribution is -2.15. The maximum atomic E-state index is 10.6. The van der Waals surface area contributed by atoms with Gasteiger partial charge in [-0.05, 0) is 37.1 Å². The van der Waals surface area contributed by atoms with E-state index >= 15 is 0 Å². The Hall–Kier alpha value is -2.32. The van der Waals surface area contributed by atoms with Crippen molar-refractivity contribution >= 4 is 22.0 Å². The van der Waals surface area contributed by atoms with E-state index in [0.29, 0.717) is 0 Å². The van der Waals surface area contributed by atoms with E-state index in [4.69, 9.17) is 0 Å². The minimum atomic E-state index is -0.404. The van der Waals surface area contributed by atoms with Gasteiger partial charge in [0, 0.05) is 30.8 Å². The van der Waals surface area contributed by atoms with Gasteiger partial charge in [0.1, 0.15) is 0 Å². The molecule has 4 nitrogen and oxygen atoms in total. The van der Waals surface area contributed by atoms with E-state index in [0.717, 1.165) is 23.5 Å². The molecule has 5 heteroatoms. The van der Waals surface area contributed by atoms with Crippen LogP contribution in [0.3, 0.4) is 0 Å². The Morgan fingerprint density at radius 3 is 2.43 bits per heavy atom. The van der Waals surface area contributed by atoms with Crippen LogP contribution in [0.1, 0.15) is 23.3 Å². The predicted molar refractivity (Wildman–Crippen MR) is 84.8 cm³/mol. The van der Waals surface area contributed by atoms with Crippen molar-refractivity contribution in [3.8, 4) is 11.8 Å². The summed E-state index contributed by atoms with van der Waals surface area (Å²) in [5.41, 5.74) is 0.879. The van der Waals surface area contributed by atoms with Crippen LogP contribution in [0.15, 0.2) is 36.4 Å². The van der Waals surface area contributed by atoms with Crippen molar-refractivity contribution in [1.82, 2.24) is 0 Å². The Labute approximate surface area is 127 Å². The quantitative estimate of drug-likeness (QED) is 0.483. The van der Waals surface area contributed by atoms with E-state index in [1.807, 2.05) is 6.07 Å². The largest absolute Gasteiger partial charge is 0.363 e. The number of hydrogen-bond donors (Lipinski definition) is 0. The highest BCUT2D eigenvalue weighted by Crippen LogP contribution is 2.28. The second-order valence-electron chi connectivity index (χ2n) is 4.89.